The monoisotopic (exact) mass is 262 g/mol. The highest BCUT2D eigenvalue weighted by molar-refractivity contribution is 6.00. The van der Waals surface area contributed by atoms with E-state index in [4.69, 9.17) is 0 Å². The first-order valence-corrected chi connectivity index (χ1v) is 4.92. The second-order valence-corrected chi connectivity index (χ2v) is 3.72. The Bertz CT molecular complexity index is 461. The lowest BCUT2D eigenvalue weighted by Crippen LogP contribution is -2.44. The van der Waals surface area contributed by atoms with Crippen LogP contribution in [0.3, 0.4) is 0 Å². The number of carbonyl (C=O) groups is 1. The number of alkyl halides is 4. The summed E-state index contributed by atoms with van der Waals surface area (Å²) in [5.41, 5.74) is 0.0843. The Morgan fingerprint density at radius 2 is 1.67 bits per heavy atom. The van der Waals surface area contributed by atoms with Gasteiger partial charge < -0.3 is 5.11 Å². The topological polar surface area (TPSA) is 37.3 Å². The van der Waals surface area contributed by atoms with Gasteiger partial charge in [0.1, 0.15) is 5.76 Å². The molecule has 0 aliphatic rings. The SMILES string of the molecule is CC(F)(F)C(F)(F)C(=O)/C=C(\O)c1ccccc1. The van der Waals surface area contributed by atoms with Crippen molar-refractivity contribution in [1.82, 2.24) is 0 Å². The number of benzene rings is 1. The summed E-state index contributed by atoms with van der Waals surface area (Å²) >= 11 is 0. The van der Waals surface area contributed by atoms with Crippen molar-refractivity contribution in [2.45, 2.75) is 18.8 Å². The van der Waals surface area contributed by atoms with Crippen molar-refractivity contribution in [1.29, 1.82) is 0 Å². The maximum atomic E-state index is 12.9. The van der Waals surface area contributed by atoms with E-state index in [1.54, 1.807) is 6.07 Å². The molecule has 0 radical (unpaired) electrons. The zero-order valence-electron chi connectivity index (χ0n) is 9.33. The van der Waals surface area contributed by atoms with Crippen molar-refractivity contribution in [2.24, 2.45) is 0 Å². The molecule has 98 valence electrons. The first kappa shape index (κ1) is 14.2. The number of aliphatic hydroxyl groups is 1. The lowest BCUT2D eigenvalue weighted by atomic mass is 10.1. The maximum Gasteiger partial charge on any atom is 0.370 e. The van der Waals surface area contributed by atoms with Crippen molar-refractivity contribution >= 4 is 11.5 Å². The van der Waals surface area contributed by atoms with Crippen molar-refractivity contribution < 1.29 is 27.5 Å². The average molecular weight is 262 g/mol. The van der Waals surface area contributed by atoms with E-state index >= 15 is 0 Å². The number of hydrogen-bond donors (Lipinski definition) is 1. The van der Waals surface area contributed by atoms with E-state index in [-0.39, 0.29) is 18.6 Å². The van der Waals surface area contributed by atoms with Crippen LogP contribution in [-0.4, -0.2) is 22.7 Å². The molecule has 0 unspecified atom stereocenters. The van der Waals surface area contributed by atoms with Crippen LogP contribution < -0.4 is 0 Å². The number of hydrogen-bond acceptors (Lipinski definition) is 2. The highest BCUT2D eigenvalue weighted by atomic mass is 19.3. The number of rotatable bonds is 4. The van der Waals surface area contributed by atoms with Gasteiger partial charge in [0.25, 0.3) is 0 Å². The Kier molecular flexibility index (Phi) is 3.79. The third-order valence-corrected chi connectivity index (χ3v) is 2.20. The van der Waals surface area contributed by atoms with Crippen LogP contribution in [0, 0.1) is 0 Å². The van der Waals surface area contributed by atoms with E-state index in [1.165, 1.54) is 24.3 Å². The van der Waals surface area contributed by atoms with Gasteiger partial charge in [0.15, 0.2) is 0 Å². The summed E-state index contributed by atoms with van der Waals surface area (Å²) in [4.78, 5) is 11.0. The van der Waals surface area contributed by atoms with Crippen molar-refractivity contribution in [3.05, 3.63) is 42.0 Å². The predicted molar refractivity (Wildman–Crippen MR) is 57.6 cm³/mol. The third-order valence-electron chi connectivity index (χ3n) is 2.20. The molecule has 0 saturated heterocycles. The molecular formula is C12H10F4O2. The summed E-state index contributed by atoms with van der Waals surface area (Å²) in [6.07, 6.45) is 0.104. The standard InChI is InChI=1S/C12H10F4O2/c1-11(13,14)12(15,16)10(18)7-9(17)8-5-3-2-4-6-8/h2-7,17H,1H3/b9-7-. The molecule has 2 nitrogen and oxygen atoms in total. The molecule has 0 bridgehead atoms. The Hall–Kier alpha value is -1.85. The maximum absolute atomic E-state index is 12.9. The second kappa shape index (κ2) is 4.80. The Morgan fingerprint density at radius 1 is 1.17 bits per heavy atom. The smallest absolute Gasteiger partial charge is 0.370 e. The minimum absolute atomic E-state index is 0.0572. The van der Waals surface area contributed by atoms with Crippen molar-refractivity contribution in [3.63, 3.8) is 0 Å². The van der Waals surface area contributed by atoms with Gasteiger partial charge in [-0.25, -0.2) is 0 Å². The van der Waals surface area contributed by atoms with Gasteiger partial charge in [0, 0.05) is 18.6 Å². The van der Waals surface area contributed by atoms with Gasteiger partial charge in [-0.15, -0.1) is 0 Å². The van der Waals surface area contributed by atoms with Crippen LogP contribution in [0.4, 0.5) is 17.6 Å². The van der Waals surface area contributed by atoms with Crippen LogP contribution in [0.15, 0.2) is 36.4 Å². The molecule has 0 heterocycles. The van der Waals surface area contributed by atoms with Gasteiger partial charge in [0.05, 0.1) is 0 Å². The number of ketones is 1. The lowest BCUT2D eigenvalue weighted by molar-refractivity contribution is -0.196. The molecule has 0 aliphatic heterocycles. The predicted octanol–water partition coefficient (Wildman–Crippen LogP) is 3.45. The second-order valence-electron chi connectivity index (χ2n) is 3.72. The van der Waals surface area contributed by atoms with Crippen molar-refractivity contribution in [2.75, 3.05) is 0 Å². The summed E-state index contributed by atoms with van der Waals surface area (Å²) in [7, 11) is 0. The summed E-state index contributed by atoms with van der Waals surface area (Å²) < 4.78 is 50.9. The first-order chi connectivity index (χ1) is 8.16. The largest absolute Gasteiger partial charge is 0.507 e. The minimum Gasteiger partial charge on any atom is -0.507 e. The quantitative estimate of drug-likeness (QED) is 0.512. The molecule has 1 rings (SSSR count). The zero-order chi connectivity index (χ0) is 14.0. The normalized spacial score (nSPS) is 13.5. The molecule has 1 aromatic carbocycles. The van der Waals surface area contributed by atoms with E-state index < -0.39 is 23.4 Å². The number of allylic oxidation sites excluding steroid dienone is 1. The van der Waals surface area contributed by atoms with Crippen LogP contribution in [0.5, 0.6) is 0 Å². The number of halogens is 4. The van der Waals surface area contributed by atoms with E-state index in [2.05, 4.69) is 0 Å². The van der Waals surface area contributed by atoms with Gasteiger partial charge >= 0.3 is 11.8 Å². The van der Waals surface area contributed by atoms with E-state index in [0.717, 1.165) is 0 Å². The minimum atomic E-state index is -4.85. The Labute approximate surface area is 101 Å². The molecule has 0 fully saturated rings. The van der Waals surface area contributed by atoms with E-state index in [0.29, 0.717) is 0 Å². The van der Waals surface area contributed by atoms with Gasteiger partial charge in [0.2, 0.25) is 5.78 Å². The average Bonchev–Trinajstić information content (AvgIpc) is 2.28. The van der Waals surface area contributed by atoms with E-state index in [9.17, 15) is 27.5 Å². The molecule has 0 atom stereocenters. The molecule has 0 aliphatic carbocycles. The highest BCUT2D eigenvalue weighted by Gasteiger charge is 2.57. The highest BCUT2D eigenvalue weighted by Crippen LogP contribution is 2.35. The molecule has 6 heteroatoms. The van der Waals surface area contributed by atoms with E-state index in [1.807, 2.05) is 0 Å². The fourth-order valence-corrected chi connectivity index (χ4v) is 1.12. The van der Waals surface area contributed by atoms with Crippen LogP contribution in [0.2, 0.25) is 0 Å². The molecule has 18 heavy (non-hydrogen) atoms. The molecule has 1 N–H and O–H groups in total. The molecule has 1 aromatic rings. The van der Waals surface area contributed by atoms with Gasteiger partial charge in [-0.3, -0.25) is 4.79 Å². The molecular weight excluding hydrogens is 252 g/mol. The van der Waals surface area contributed by atoms with Crippen LogP contribution in [0.1, 0.15) is 12.5 Å². The van der Waals surface area contributed by atoms with Crippen molar-refractivity contribution in [3.8, 4) is 0 Å². The fourth-order valence-electron chi connectivity index (χ4n) is 1.12. The molecule has 0 saturated carbocycles. The molecule has 0 aromatic heterocycles. The zero-order valence-corrected chi connectivity index (χ0v) is 9.33. The molecule has 0 spiro atoms. The fraction of sp³-hybridized carbons (Fsp3) is 0.250. The van der Waals surface area contributed by atoms with Crippen LogP contribution in [0.25, 0.3) is 5.76 Å². The first-order valence-electron chi connectivity index (χ1n) is 4.92. The summed E-state index contributed by atoms with van der Waals surface area (Å²) in [6.45, 7) is -0.0572. The lowest BCUT2D eigenvalue weighted by Gasteiger charge is -2.20. The number of aliphatic hydroxyl groups excluding tert-OH is 1. The third kappa shape index (κ3) is 2.88. The van der Waals surface area contributed by atoms with Crippen LogP contribution in [-0.2, 0) is 4.79 Å². The number of carbonyl (C=O) groups excluding carboxylic acids is 1. The Balaban J connectivity index is 3.01. The van der Waals surface area contributed by atoms with Gasteiger partial charge in [-0.1, -0.05) is 30.3 Å². The summed E-state index contributed by atoms with van der Waals surface area (Å²) in [5, 5.41) is 9.38. The summed E-state index contributed by atoms with van der Waals surface area (Å²) in [5.74, 6) is -12.3. The Morgan fingerprint density at radius 3 is 2.11 bits per heavy atom. The van der Waals surface area contributed by atoms with Gasteiger partial charge in [-0.2, -0.15) is 17.6 Å². The van der Waals surface area contributed by atoms with Gasteiger partial charge in [-0.05, 0) is 0 Å². The summed E-state index contributed by atoms with van der Waals surface area (Å²) in [6, 6.07) is 7.29. The molecule has 0 amide bonds. The van der Waals surface area contributed by atoms with Crippen LogP contribution >= 0.6 is 0 Å².